The molecule has 0 bridgehead atoms. The summed E-state index contributed by atoms with van der Waals surface area (Å²) in [6.07, 6.45) is 1.61. The van der Waals surface area contributed by atoms with E-state index in [0.717, 1.165) is 5.56 Å². The van der Waals surface area contributed by atoms with Crippen LogP contribution in [0.5, 0.6) is 0 Å². The number of nitrogens with zero attached hydrogens (tertiary/aromatic N) is 1. The van der Waals surface area contributed by atoms with Gasteiger partial charge < -0.3 is 5.84 Å². The highest BCUT2D eigenvalue weighted by Gasteiger charge is 1.79. The number of nitrogens with two attached hydrogens (primary N) is 1. The van der Waals surface area contributed by atoms with Crippen molar-refractivity contribution in [2.45, 2.75) is 0 Å². The summed E-state index contributed by atoms with van der Waals surface area (Å²) in [7, 11) is 0. The van der Waals surface area contributed by atoms with Gasteiger partial charge in [-0.25, -0.2) is 0 Å². The first-order chi connectivity index (χ1) is 4.43. The zero-order chi connectivity index (χ0) is 6.53. The molecule has 0 radical (unpaired) electrons. The third-order valence-corrected chi connectivity index (χ3v) is 1.02. The van der Waals surface area contributed by atoms with Gasteiger partial charge in [0.2, 0.25) is 0 Å². The van der Waals surface area contributed by atoms with Gasteiger partial charge in [-0.3, -0.25) is 0 Å². The van der Waals surface area contributed by atoms with Crippen LogP contribution in [-0.2, 0) is 0 Å². The molecule has 1 rings (SSSR count). The lowest BCUT2D eigenvalue weighted by Crippen LogP contribution is -1.83. The van der Waals surface area contributed by atoms with Crippen LogP contribution in [0.15, 0.2) is 35.4 Å². The SMILES string of the molecule is N/N=C\c1ccccc1. The fourth-order valence-corrected chi connectivity index (χ4v) is 0.625. The minimum atomic E-state index is 1.03. The molecule has 0 heterocycles. The van der Waals surface area contributed by atoms with Gasteiger partial charge in [0.15, 0.2) is 0 Å². The van der Waals surface area contributed by atoms with Crippen LogP contribution >= 0.6 is 0 Å². The quantitative estimate of drug-likeness (QED) is 0.335. The summed E-state index contributed by atoms with van der Waals surface area (Å²) in [5.41, 5.74) is 1.03. The molecule has 1 aromatic rings. The van der Waals surface area contributed by atoms with Crippen molar-refractivity contribution >= 4 is 6.21 Å². The molecule has 2 nitrogen and oxygen atoms in total. The molecule has 2 N–H and O–H groups in total. The van der Waals surface area contributed by atoms with Gasteiger partial charge in [-0.1, -0.05) is 30.3 Å². The van der Waals surface area contributed by atoms with Crippen LogP contribution < -0.4 is 5.84 Å². The molecule has 9 heavy (non-hydrogen) atoms. The van der Waals surface area contributed by atoms with Crippen LogP contribution in [0.3, 0.4) is 0 Å². The van der Waals surface area contributed by atoms with Crippen LogP contribution in [0.1, 0.15) is 5.56 Å². The molecule has 0 saturated carbocycles. The molecule has 0 spiro atoms. The Kier molecular flexibility index (Phi) is 1.85. The van der Waals surface area contributed by atoms with Crippen molar-refractivity contribution in [1.82, 2.24) is 0 Å². The Labute approximate surface area is 54.0 Å². The third-order valence-electron chi connectivity index (χ3n) is 1.02. The molecule has 0 fully saturated rings. The predicted octanol–water partition coefficient (Wildman–Crippen LogP) is 0.979. The van der Waals surface area contributed by atoms with E-state index in [2.05, 4.69) is 5.10 Å². The molecule has 2 heteroatoms. The van der Waals surface area contributed by atoms with Crippen molar-refractivity contribution < 1.29 is 0 Å². The summed E-state index contributed by atoms with van der Waals surface area (Å²) >= 11 is 0. The minimum Gasteiger partial charge on any atom is -0.323 e. The maximum atomic E-state index is 4.93. The predicted molar refractivity (Wildman–Crippen MR) is 38.2 cm³/mol. The third kappa shape index (κ3) is 1.57. The maximum absolute atomic E-state index is 4.93. The van der Waals surface area contributed by atoms with Crippen LogP contribution in [0.25, 0.3) is 0 Å². The number of hydrogen-bond donors (Lipinski definition) is 1. The van der Waals surface area contributed by atoms with Crippen molar-refractivity contribution in [3.63, 3.8) is 0 Å². The van der Waals surface area contributed by atoms with Crippen LogP contribution in [0.2, 0.25) is 0 Å². The minimum absolute atomic E-state index is 1.03. The molecular weight excluding hydrogens is 112 g/mol. The summed E-state index contributed by atoms with van der Waals surface area (Å²) < 4.78 is 0. The molecule has 0 aliphatic rings. The Morgan fingerprint density at radius 3 is 2.44 bits per heavy atom. The average molecular weight is 120 g/mol. The van der Waals surface area contributed by atoms with Crippen molar-refractivity contribution in [1.29, 1.82) is 0 Å². The topological polar surface area (TPSA) is 38.4 Å². The second-order valence-electron chi connectivity index (χ2n) is 1.69. The highest BCUT2D eigenvalue weighted by atomic mass is 15.1. The summed E-state index contributed by atoms with van der Waals surface area (Å²) in [4.78, 5) is 0. The zero-order valence-corrected chi connectivity index (χ0v) is 4.99. The van der Waals surface area contributed by atoms with E-state index in [1.54, 1.807) is 6.21 Å². The van der Waals surface area contributed by atoms with E-state index in [1.165, 1.54) is 0 Å². The molecule has 0 aliphatic heterocycles. The number of benzene rings is 1. The maximum Gasteiger partial charge on any atom is 0.0538 e. The van der Waals surface area contributed by atoms with Gasteiger partial charge in [-0.05, 0) is 5.56 Å². The van der Waals surface area contributed by atoms with E-state index in [9.17, 15) is 0 Å². The first-order valence-corrected chi connectivity index (χ1v) is 2.72. The smallest absolute Gasteiger partial charge is 0.0538 e. The normalized spacial score (nSPS) is 10.2. The highest BCUT2D eigenvalue weighted by Crippen LogP contribution is 1.92. The van der Waals surface area contributed by atoms with E-state index < -0.39 is 0 Å². The molecular formula is C7H8N2. The molecule has 0 aliphatic carbocycles. The van der Waals surface area contributed by atoms with Crippen molar-refractivity contribution in [2.75, 3.05) is 0 Å². The second kappa shape index (κ2) is 2.87. The van der Waals surface area contributed by atoms with E-state index in [4.69, 9.17) is 5.84 Å². The largest absolute Gasteiger partial charge is 0.323 e. The van der Waals surface area contributed by atoms with Crippen LogP contribution in [0.4, 0.5) is 0 Å². The fourth-order valence-electron chi connectivity index (χ4n) is 0.625. The Morgan fingerprint density at radius 1 is 1.22 bits per heavy atom. The summed E-state index contributed by atoms with van der Waals surface area (Å²) in [5, 5.41) is 3.38. The van der Waals surface area contributed by atoms with Gasteiger partial charge in [-0.15, -0.1) is 0 Å². The van der Waals surface area contributed by atoms with Crippen molar-refractivity contribution in [3.8, 4) is 0 Å². The van der Waals surface area contributed by atoms with E-state index >= 15 is 0 Å². The van der Waals surface area contributed by atoms with Gasteiger partial charge in [0.1, 0.15) is 0 Å². The summed E-state index contributed by atoms with van der Waals surface area (Å²) in [6.45, 7) is 0. The Morgan fingerprint density at radius 2 is 1.89 bits per heavy atom. The Balaban J connectivity index is 2.85. The lowest BCUT2D eigenvalue weighted by molar-refractivity contribution is 1.26. The van der Waals surface area contributed by atoms with Crippen LogP contribution in [-0.4, -0.2) is 6.21 Å². The first kappa shape index (κ1) is 5.82. The van der Waals surface area contributed by atoms with Crippen molar-refractivity contribution in [2.24, 2.45) is 10.9 Å². The first-order valence-electron chi connectivity index (χ1n) is 2.72. The molecule has 1 aromatic carbocycles. The monoisotopic (exact) mass is 120 g/mol. The second-order valence-corrected chi connectivity index (χ2v) is 1.69. The standard InChI is InChI=1S/C7H8N2/c8-9-6-7-4-2-1-3-5-7/h1-6H,8H2/b9-6-. The van der Waals surface area contributed by atoms with Gasteiger partial charge in [0, 0.05) is 0 Å². The number of hydrogen-bond acceptors (Lipinski definition) is 2. The Bertz CT molecular complexity index is 191. The molecule has 0 amide bonds. The Hall–Kier alpha value is -1.31. The van der Waals surface area contributed by atoms with Gasteiger partial charge >= 0.3 is 0 Å². The molecule has 0 atom stereocenters. The van der Waals surface area contributed by atoms with Crippen LogP contribution in [0, 0.1) is 0 Å². The summed E-state index contributed by atoms with van der Waals surface area (Å²) in [6, 6.07) is 9.72. The average Bonchev–Trinajstić information content (AvgIpc) is 1.91. The molecule has 0 saturated heterocycles. The van der Waals surface area contributed by atoms with Gasteiger partial charge in [0.25, 0.3) is 0 Å². The van der Waals surface area contributed by atoms with E-state index in [1.807, 2.05) is 30.3 Å². The molecule has 46 valence electrons. The highest BCUT2D eigenvalue weighted by molar-refractivity contribution is 5.78. The van der Waals surface area contributed by atoms with Gasteiger partial charge in [-0.2, -0.15) is 5.10 Å². The molecule has 0 aromatic heterocycles. The number of hydrazone groups is 1. The lowest BCUT2D eigenvalue weighted by Gasteiger charge is -1.85. The lowest BCUT2D eigenvalue weighted by atomic mass is 10.2. The fraction of sp³-hybridized carbons (Fsp3) is 0. The van der Waals surface area contributed by atoms with Gasteiger partial charge in [0.05, 0.1) is 6.21 Å². The van der Waals surface area contributed by atoms with E-state index in [0.29, 0.717) is 0 Å². The summed E-state index contributed by atoms with van der Waals surface area (Å²) in [5.74, 6) is 4.93. The molecule has 0 unspecified atom stereocenters. The number of rotatable bonds is 1. The zero-order valence-electron chi connectivity index (χ0n) is 4.99. The van der Waals surface area contributed by atoms with Crippen molar-refractivity contribution in [3.05, 3.63) is 35.9 Å². The van der Waals surface area contributed by atoms with E-state index in [-0.39, 0.29) is 0 Å².